The summed E-state index contributed by atoms with van der Waals surface area (Å²) in [4.78, 5) is 19.7. The number of aromatic nitrogens is 3. The quantitative estimate of drug-likeness (QED) is 0.771. The fourth-order valence-electron chi connectivity index (χ4n) is 2.18. The Morgan fingerprint density at radius 2 is 2.24 bits per heavy atom. The first kappa shape index (κ1) is 13.4. The van der Waals surface area contributed by atoms with E-state index in [4.69, 9.17) is 4.52 Å². The van der Waals surface area contributed by atoms with Gasteiger partial charge in [-0.25, -0.2) is 4.98 Å². The number of nitrogens with one attached hydrogen (secondary N) is 2. The minimum atomic E-state index is -0.127. The van der Waals surface area contributed by atoms with E-state index in [1.54, 1.807) is 13.0 Å². The van der Waals surface area contributed by atoms with Crippen molar-refractivity contribution in [3.05, 3.63) is 41.4 Å². The molecule has 0 aliphatic rings. The SMILES string of the molecule is CCc1nc2ccc(CC(=O)Nc3cc(C)on3)cc2[nH]1. The first-order valence-corrected chi connectivity index (χ1v) is 6.84. The number of rotatable bonds is 4. The lowest BCUT2D eigenvalue weighted by molar-refractivity contribution is -0.115. The fraction of sp³-hybridized carbons (Fsp3) is 0.267. The molecule has 3 rings (SSSR count). The van der Waals surface area contributed by atoms with Gasteiger partial charge in [0, 0.05) is 12.5 Å². The molecule has 2 heterocycles. The number of carbonyl (C=O) groups is 1. The molecule has 2 aromatic heterocycles. The zero-order chi connectivity index (χ0) is 14.8. The van der Waals surface area contributed by atoms with Crippen molar-refractivity contribution in [1.29, 1.82) is 0 Å². The monoisotopic (exact) mass is 284 g/mol. The second-order valence-electron chi connectivity index (χ2n) is 4.94. The summed E-state index contributed by atoms with van der Waals surface area (Å²) in [6.45, 7) is 3.83. The predicted molar refractivity (Wildman–Crippen MR) is 79.0 cm³/mol. The number of anilines is 1. The van der Waals surface area contributed by atoms with Gasteiger partial charge >= 0.3 is 0 Å². The third-order valence-electron chi connectivity index (χ3n) is 3.19. The summed E-state index contributed by atoms with van der Waals surface area (Å²) in [5.41, 5.74) is 2.80. The van der Waals surface area contributed by atoms with Crippen LogP contribution in [0.4, 0.5) is 5.82 Å². The van der Waals surface area contributed by atoms with Gasteiger partial charge in [-0.05, 0) is 24.6 Å². The van der Waals surface area contributed by atoms with E-state index in [0.29, 0.717) is 11.6 Å². The molecule has 0 fully saturated rings. The number of nitrogens with zero attached hydrogens (tertiary/aromatic N) is 2. The first-order valence-electron chi connectivity index (χ1n) is 6.84. The molecule has 0 saturated carbocycles. The van der Waals surface area contributed by atoms with Crippen LogP contribution in [0.2, 0.25) is 0 Å². The first-order chi connectivity index (χ1) is 10.1. The molecule has 3 aromatic rings. The number of carbonyl (C=O) groups excluding carboxylic acids is 1. The summed E-state index contributed by atoms with van der Waals surface area (Å²) >= 11 is 0. The van der Waals surface area contributed by atoms with Crippen LogP contribution in [0.25, 0.3) is 11.0 Å². The lowest BCUT2D eigenvalue weighted by atomic mass is 10.1. The highest BCUT2D eigenvalue weighted by atomic mass is 16.5. The van der Waals surface area contributed by atoms with Crippen molar-refractivity contribution < 1.29 is 9.32 Å². The Balaban J connectivity index is 1.73. The van der Waals surface area contributed by atoms with E-state index in [-0.39, 0.29) is 12.3 Å². The highest BCUT2D eigenvalue weighted by molar-refractivity contribution is 5.92. The third kappa shape index (κ3) is 2.94. The normalized spacial score (nSPS) is 11.0. The highest BCUT2D eigenvalue weighted by Crippen LogP contribution is 2.15. The van der Waals surface area contributed by atoms with Crippen LogP contribution in [0.5, 0.6) is 0 Å². The maximum atomic E-state index is 12.0. The van der Waals surface area contributed by atoms with Gasteiger partial charge in [0.25, 0.3) is 0 Å². The number of aromatic amines is 1. The van der Waals surface area contributed by atoms with Crippen LogP contribution in [0.1, 0.15) is 24.1 Å². The van der Waals surface area contributed by atoms with E-state index in [0.717, 1.165) is 28.8 Å². The van der Waals surface area contributed by atoms with Gasteiger partial charge in [0.1, 0.15) is 11.6 Å². The second-order valence-corrected chi connectivity index (χ2v) is 4.94. The van der Waals surface area contributed by atoms with E-state index in [1.165, 1.54) is 0 Å². The zero-order valence-electron chi connectivity index (χ0n) is 11.9. The summed E-state index contributed by atoms with van der Waals surface area (Å²) in [6, 6.07) is 7.47. The molecule has 21 heavy (non-hydrogen) atoms. The standard InChI is InChI=1S/C15H16N4O2/c1-3-13-16-11-5-4-10(7-12(11)17-13)8-15(20)18-14-6-9(2)21-19-14/h4-7H,3,8H2,1-2H3,(H,16,17)(H,18,19,20). The molecule has 0 bridgehead atoms. The number of amides is 1. The summed E-state index contributed by atoms with van der Waals surface area (Å²) in [5, 5.41) is 6.44. The Bertz CT molecular complexity index is 788. The Morgan fingerprint density at radius 3 is 2.95 bits per heavy atom. The minimum Gasteiger partial charge on any atom is -0.360 e. The Kier molecular flexibility index (Phi) is 3.43. The Morgan fingerprint density at radius 1 is 1.38 bits per heavy atom. The summed E-state index contributed by atoms with van der Waals surface area (Å²) in [7, 11) is 0. The molecule has 0 aliphatic heterocycles. The third-order valence-corrected chi connectivity index (χ3v) is 3.19. The second kappa shape index (κ2) is 5.40. The fourth-order valence-corrected chi connectivity index (χ4v) is 2.18. The van der Waals surface area contributed by atoms with Gasteiger partial charge in [0.05, 0.1) is 17.5 Å². The van der Waals surface area contributed by atoms with Gasteiger partial charge in [0.15, 0.2) is 5.82 Å². The molecule has 0 unspecified atom stereocenters. The average Bonchev–Trinajstić information content (AvgIpc) is 3.04. The number of imidazole rings is 1. The van der Waals surface area contributed by atoms with Crippen LogP contribution in [-0.2, 0) is 17.6 Å². The number of H-pyrrole nitrogens is 1. The zero-order valence-corrected chi connectivity index (χ0v) is 11.9. The summed E-state index contributed by atoms with van der Waals surface area (Å²) in [5.74, 6) is 1.92. The van der Waals surface area contributed by atoms with Gasteiger partial charge in [-0.2, -0.15) is 0 Å². The number of benzene rings is 1. The van der Waals surface area contributed by atoms with Gasteiger partial charge in [-0.15, -0.1) is 0 Å². The maximum absolute atomic E-state index is 12.0. The van der Waals surface area contributed by atoms with E-state index in [1.807, 2.05) is 25.1 Å². The van der Waals surface area contributed by atoms with Gasteiger partial charge < -0.3 is 14.8 Å². The minimum absolute atomic E-state index is 0.127. The summed E-state index contributed by atoms with van der Waals surface area (Å²) < 4.78 is 4.91. The molecule has 1 aromatic carbocycles. The molecule has 1 amide bonds. The van der Waals surface area contributed by atoms with E-state index < -0.39 is 0 Å². The number of hydrogen-bond donors (Lipinski definition) is 2. The number of hydrogen-bond acceptors (Lipinski definition) is 4. The van der Waals surface area contributed by atoms with Crippen LogP contribution >= 0.6 is 0 Å². The molecule has 0 aliphatic carbocycles. The van der Waals surface area contributed by atoms with Crippen LogP contribution in [0.3, 0.4) is 0 Å². The molecule has 0 radical (unpaired) electrons. The van der Waals surface area contributed by atoms with Crippen molar-refractivity contribution >= 4 is 22.8 Å². The molecular formula is C15H16N4O2. The van der Waals surface area contributed by atoms with Crippen molar-refractivity contribution in [2.45, 2.75) is 26.7 Å². The van der Waals surface area contributed by atoms with Gasteiger partial charge in [-0.3, -0.25) is 4.79 Å². The molecule has 0 saturated heterocycles. The van der Waals surface area contributed by atoms with Crippen molar-refractivity contribution in [2.75, 3.05) is 5.32 Å². The molecular weight excluding hydrogens is 268 g/mol. The van der Waals surface area contributed by atoms with Crippen molar-refractivity contribution in [3.63, 3.8) is 0 Å². The van der Waals surface area contributed by atoms with E-state index in [2.05, 4.69) is 20.4 Å². The van der Waals surface area contributed by atoms with E-state index in [9.17, 15) is 4.79 Å². The summed E-state index contributed by atoms with van der Waals surface area (Å²) in [6.07, 6.45) is 1.14. The lowest BCUT2D eigenvalue weighted by Gasteiger charge is -2.01. The Labute approximate surface area is 121 Å². The highest BCUT2D eigenvalue weighted by Gasteiger charge is 2.09. The average molecular weight is 284 g/mol. The van der Waals surface area contributed by atoms with Crippen molar-refractivity contribution in [1.82, 2.24) is 15.1 Å². The largest absolute Gasteiger partial charge is 0.360 e. The Hall–Kier alpha value is -2.63. The maximum Gasteiger partial charge on any atom is 0.230 e. The number of fused-ring (bicyclic) bond motifs is 1. The molecule has 2 N–H and O–H groups in total. The molecule has 0 atom stereocenters. The van der Waals surface area contributed by atoms with Gasteiger partial charge in [-0.1, -0.05) is 18.1 Å². The molecule has 0 spiro atoms. The predicted octanol–water partition coefficient (Wildman–Crippen LogP) is 2.60. The lowest BCUT2D eigenvalue weighted by Crippen LogP contribution is -2.14. The van der Waals surface area contributed by atoms with Crippen LogP contribution in [0, 0.1) is 6.92 Å². The molecule has 6 heteroatoms. The van der Waals surface area contributed by atoms with Crippen LogP contribution in [-0.4, -0.2) is 21.0 Å². The van der Waals surface area contributed by atoms with E-state index >= 15 is 0 Å². The smallest absolute Gasteiger partial charge is 0.230 e. The molecule has 6 nitrogen and oxygen atoms in total. The number of aryl methyl sites for hydroxylation is 2. The van der Waals surface area contributed by atoms with Gasteiger partial charge in [0.2, 0.25) is 5.91 Å². The van der Waals surface area contributed by atoms with Crippen molar-refractivity contribution in [3.8, 4) is 0 Å². The van der Waals surface area contributed by atoms with Crippen LogP contribution < -0.4 is 5.32 Å². The topological polar surface area (TPSA) is 83.8 Å². The molecule has 108 valence electrons. The van der Waals surface area contributed by atoms with Crippen LogP contribution in [0.15, 0.2) is 28.8 Å². The van der Waals surface area contributed by atoms with Crippen molar-refractivity contribution in [2.24, 2.45) is 0 Å².